The maximum absolute atomic E-state index is 10.4. The van der Waals surface area contributed by atoms with Crippen molar-refractivity contribution in [2.75, 3.05) is 0 Å². The van der Waals surface area contributed by atoms with Gasteiger partial charge in [-0.2, -0.15) is 0 Å². The molecule has 2 nitrogen and oxygen atoms in total. The number of aromatic nitrogens is 1. The summed E-state index contributed by atoms with van der Waals surface area (Å²) in [5, 5.41) is 11.5. The Morgan fingerprint density at radius 2 is 1.85 bits per heavy atom. The molecule has 0 saturated carbocycles. The van der Waals surface area contributed by atoms with Crippen LogP contribution >= 0.6 is 0 Å². The van der Waals surface area contributed by atoms with Gasteiger partial charge in [0.15, 0.2) is 0 Å². The average molecular weight is 271 g/mol. The van der Waals surface area contributed by atoms with E-state index in [1.165, 1.54) is 0 Å². The molecule has 2 atom stereocenters. The second kappa shape index (κ2) is 5.53. The lowest BCUT2D eigenvalue weighted by atomic mass is 9.78. The Morgan fingerprint density at radius 3 is 2.50 bits per heavy atom. The van der Waals surface area contributed by atoms with Gasteiger partial charge in [0, 0.05) is 11.1 Å². The first-order chi connectivity index (χ1) is 9.27. The SMILES string of the molecule is Cc1ccc2cc(C(O)CC(C)C(C)(C)C)ccc2n1. The normalized spacial score (nSPS) is 15.3. The third-order valence-corrected chi connectivity index (χ3v) is 4.29. The molecular weight excluding hydrogens is 246 g/mol. The summed E-state index contributed by atoms with van der Waals surface area (Å²) in [7, 11) is 0. The molecule has 1 aromatic heterocycles. The van der Waals surface area contributed by atoms with Crippen molar-refractivity contribution in [3.8, 4) is 0 Å². The molecule has 2 unspecified atom stereocenters. The lowest BCUT2D eigenvalue weighted by molar-refractivity contribution is 0.111. The van der Waals surface area contributed by atoms with Crippen LogP contribution in [0, 0.1) is 18.3 Å². The van der Waals surface area contributed by atoms with E-state index in [2.05, 4.69) is 44.8 Å². The van der Waals surface area contributed by atoms with Crippen LogP contribution in [-0.4, -0.2) is 10.1 Å². The number of aliphatic hydroxyl groups excluding tert-OH is 1. The van der Waals surface area contributed by atoms with Gasteiger partial charge in [0.1, 0.15) is 0 Å². The minimum atomic E-state index is -0.407. The second-order valence-corrected chi connectivity index (χ2v) is 6.92. The minimum absolute atomic E-state index is 0.219. The summed E-state index contributed by atoms with van der Waals surface area (Å²) in [6, 6.07) is 10.1. The lowest BCUT2D eigenvalue weighted by Crippen LogP contribution is -2.19. The Labute approximate surface area is 121 Å². The minimum Gasteiger partial charge on any atom is -0.388 e. The number of aryl methyl sites for hydroxylation is 1. The molecule has 0 spiro atoms. The first-order valence-corrected chi connectivity index (χ1v) is 7.33. The van der Waals surface area contributed by atoms with E-state index in [9.17, 15) is 5.11 Å². The summed E-state index contributed by atoms with van der Waals surface area (Å²) in [6.07, 6.45) is 0.379. The number of benzene rings is 1. The van der Waals surface area contributed by atoms with E-state index in [-0.39, 0.29) is 5.41 Å². The third-order valence-electron chi connectivity index (χ3n) is 4.29. The van der Waals surface area contributed by atoms with Crippen LogP contribution in [0.3, 0.4) is 0 Å². The van der Waals surface area contributed by atoms with Gasteiger partial charge in [-0.3, -0.25) is 4.98 Å². The molecule has 0 fully saturated rings. The summed E-state index contributed by atoms with van der Waals surface area (Å²) in [5.74, 6) is 0.462. The molecule has 0 aliphatic rings. The van der Waals surface area contributed by atoms with Crippen molar-refractivity contribution in [3.05, 3.63) is 41.6 Å². The number of fused-ring (bicyclic) bond motifs is 1. The summed E-state index contributed by atoms with van der Waals surface area (Å²) in [4.78, 5) is 4.49. The maximum Gasteiger partial charge on any atom is 0.0793 e. The van der Waals surface area contributed by atoms with Gasteiger partial charge in [0.25, 0.3) is 0 Å². The molecule has 2 aromatic rings. The van der Waals surface area contributed by atoms with Gasteiger partial charge in [-0.05, 0) is 48.4 Å². The lowest BCUT2D eigenvalue weighted by Gasteiger charge is -2.29. The van der Waals surface area contributed by atoms with Gasteiger partial charge in [0.2, 0.25) is 0 Å². The Kier molecular flexibility index (Phi) is 4.14. The maximum atomic E-state index is 10.4. The van der Waals surface area contributed by atoms with E-state index in [1.807, 2.05) is 25.1 Å². The highest BCUT2D eigenvalue weighted by molar-refractivity contribution is 5.79. The van der Waals surface area contributed by atoms with Crippen molar-refractivity contribution >= 4 is 10.9 Å². The van der Waals surface area contributed by atoms with E-state index in [0.717, 1.165) is 28.6 Å². The molecule has 108 valence electrons. The summed E-state index contributed by atoms with van der Waals surface area (Å²) < 4.78 is 0. The smallest absolute Gasteiger partial charge is 0.0793 e. The Morgan fingerprint density at radius 1 is 1.15 bits per heavy atom. The van der Waals surface area contributed by atoms with Crippen molar-refractivity contribution in [1.82, 2.24) is 4.98 Å². The molecule has 20 heavy (non-hydrogen) atoms. The van der Waals surface area contributed by atoms with Gasteiger partial charge in [0.05, 0.1) is 11.6 Å². The molecule has 0 bridgehead atoms. The summed E-state index contributed by atoms with van der Waals surface area (Å²) in [5.41, 5.74) is 3.22. The third kappa shape index (κ3) is 3.37. The highest BCUT2D eigenvalue weighted by Crippen LogP contribution is 2.33. The number of rotatable bonds is 3. The van der Waals surface area contributed by atoms with Crippen LogP contribution in [0.15, 0.2) is 30.3 Å². The highest BCUT2D eigenvalue weighted by atomic mass is 16.3. The Hall–Kier alpha value is -1.41. The molecule has 2 heteroatoms. The molecule has 0 saturated heterocycles. The summed E-state index contributed by atoms with van der Waals surface area (Å²) >= 11 is 0. The van der Waals surface area contributed by atoms with Gasteiger partial charge < -0.3 is 5.11 Å². The zero-order chi connectivity index (χ0) is 14.9. The first kappa shape index (κ1) is 15.0. The van der Waals surface area contributed by atoms with Crippen molar-refractivity contribution in [1.29, 1.82) is 0 Å². The van der Waals surface area contributed by atoms with E-state index in [1.54, 1.807) is 0 Å². The fraction of sp³-hybridized carbons (Fsp3) is 0.500. The average Bonchev–Trinajstić information content (AvgIpc) is 2.36. The van der Waals surface area contributed by atoms with Crippen LogP contribution in [-0.2, 0) is 0 Å². The van der Waals surface area contributed by atoms with E-state index >= 15 is 0 Å². The topological polar surface area (TPSA) is 33.1 Å². The highest BCUT2D eigenvalue weighted by Gasteiger charge is 2.23. The van der Waals surface area contributed by atoms with E-state index < -0.39 is 6.10 Å². The van der Waals surface area contributed by atoms with E-state index in [0.29, 0.717) is 5.92 Å². The Balaban J connectivity index is 2.22. The predicted molar refractivity (Wildman–Crippen MR) is 84.7 cm³/mol. The van der Waals surface area contributed by atoms with Crippen LogP contribution in [0.25, 0.3) is 10.9 Å². The fourth-order valence-electron chi connectivity index (χ4n) is 2.28. The number of pyridine rings is 1. The molecule has 1 aromatic carbocycles. The molecular formula is C18H25NO. The van der Waals surface area contributed by atoms with Crippen LogP contribution in [0.2, 0.25) is 0 Å². The largest absolute Gasteiger partial charge is 0.388 e. The van der Waals surface area contributed by atoms with Gasteiger partial charge in [-0.25, -0.2) is 0 Å². The number of aliphatic hydroxyl groups is 1. The zero-order valence-electron chi connectivity index (χ0n) is 13.1. The Bertz CT molecular complexity index is 598. The monoisotopic (exact) mass is 271 g/mol. The molecule has 2 rings (SSSR count). The van der Waals surface area contributed by atoms with Crippen LogP contribution < -0.4 is 0 Å². The molecule has 1 N–H and O–H groups in total. The van der Waals surface area contributed by atoms with Gasteiger partial charge >= 0.3 is 0 Å². The van der Waals surface area contributed by atoms with Crippen molar-refractivity contribution in [2.24, 2.45) is 11.3 Å². The zero-order valence-corrected chi connectivity index (χ0v) is 13.1. The first-order valence-electron chi connectivity index (χ1n) is 7.33. The quantitative estimate of drug-likeness (QED) is 0.881. The number of hydrogen-bond acceptors (Lipinski definition) is 2. The number of nitrogens with zero attached hydrogens (tertiary/aromatic N) is 1. The molecule has 0 amide bonds. The standard InChI is InChI=1S/C18H25NO/c1-12(18(3,4)5)10-17(20)15-8-9-16-14(11-15)7-6-13(2)19-16/h6-9,11-12,17,20H,10H2,1-5H3. The van der Waals surface area contributed by atoms with Crippen LogP contribution in [0.1, 0.15) is 51.5 Å². The van der Waals surface area contributed by atoms with Gasteiger partial charge in [-0.1, -0.05) is 39.8 Å². The number of hydrogen-bond donors (Lipinski definition) is 1. The van der Waals surface area contributed by atoms with Crippen molar-refractivity contribution in [3.63, 3.8) is 0 Å². The second-order valence-electron chi connectivity index (χ2n) is 6.92. The van der Waals surface area contributed by atoms with Crippen LogP contribution in [0.5, 0.6) is 0 Å². The van der Waals surface area contributed by atoms with Crippen molar-refractivity contribution in [2.45, 2.75) is 47.1 Å². The van der Waals surface area contributed by atoms with E-state index in [4.69, 9.17) is 0 Å². The fourth-order valence-corrected chi connectivity index (χ4v) is 2.28. The molecule has 0 radical (unpaired) electrons. The molecule has 0 aliphatic heterocycles. The van der Waals surface area contributed by atoms with Crippen LogP contribution in [0.4, 0.5) is 0 Å². The van der Waals surface area contributed by atoms with Gasteiger partial charge in [-0.15, -0.1) is 0 Å². The predicted octanol–water partition coefficient (Wildman–Crippen LogP) is 4.65. The molecule has 1 heterocycles. The van der Waals surface area contributed by atoms with Crippen molar-refractivity contribution < 1.29 is 5.11 Å². The molecule has 0 aliphatic carbocycles. The summed E-state index contributed by atoms with van der Waals surface area (Å²) in [6.45, 7) is 10.9.